The summed E-state index contributed by atoms with van der Waals surface area (Å²) < 4.78 is 0. The monoisotopic (exact) mass is 453 g/mol. The highest BCUT2D eigenvalue weighted by Gasteiger charge is 2.30. The van der Waals surface area contributed by atoms with Crippen LogP contribution in [0.1, 0.15) is 6.42 Å². The van der Waals surface area contributed by atoms with Gasteiger partial charge < -0.3 is 21.7 Å². The van der Waals surface area contributed by atoms with Crippen LogP contribution in [0.4, 0.5) is 5.13 Å². The summed E-state index contributed by atoms with van der Waals surface area (Å²) in [6, 6.07) is 9.37. The average Bonchev–Trinajstić information content (AvgIpc) is 3.25. The van der Waals surface area contributed by atoms with Gasteiger partial charge in [0.2, 0.25) is 11.8 Å². The number of hydrogen-bond acceptors (Lipinski definition) is 6. The molecule has 0 aliphatic carbocycles. The number of carbonyl (C=O) groups excluding carboxylic acids is 2. The van der Waals surface area contributed by atoms with E-state index < -0.39 is 0 Å². The number of thiazole rings is 1. The minimum Gasteiger partial charge on any atom is -0.351 e. The van der Waals surface area contributed by atoms with Crippen molar-refractivity contribution in [2.45, 2.75) is 18.5 Å². The van der Waals surface area contributed by atoms with Gasteiger partial charge in [0, 0.05) is 23.5 Å². The third kappa shape index (κ3) is 6.91. The van der Waals surface area contributed by atoms with Crippen molar-refractivity contribution in [1.29, 1.82) is 0 Å². The quantitative estimate of drug-likeness (QED) is 0.551. The summed E-state index contributed by atoms with van der Waals surface area (Å²) in [7, 11) is 0. The summed E-state index contributed by atoms with van der Waals surface area (Å²) in [6.45, 7) is 0.506. The average molecular weight is 455 g/mol. The van der Waals surface area contributed by atoms with Crippen molar-refractivity contribution in [3.05, 3.63) is 35.7 Å². The molecule has 0 saturated carbocycles. The highest BCUT2D eigenvalue weighted by Crippen LogP contribution is 2.24. The number of amides is 2. The van der Waals surface area contributed by atoms with Crippen LogP contribution in [0.5, 0.6) is 0 Å². The number of nitrogens with zero attached hydrogens (tertiary/aromatic N) is 1. The van der Waals surface area contributed by atoms with Crippen LogP contribution in [0, 0.1) is 0 Å². The van der Waals surface area contributed by atoms with Crippen molar-refractivity contribution in [1.82, 2.24) is 15.6 Å². The van der Waals surface area contributed by atoms with Crippen molar-refractivity contribution in [3.63, 3.8) is 0 Å². The Morgan fingerprint density at radius 2 is 1.93 bits per heavy atom. The molecule has 1 aromatic carbocycles. The number of halogens is 3. The van der Waals surface area contributed by atoms with Crippen molar-refractivity contribution >= 4 is 65.5 Å². The number of benzene rings is 1. The molecule has 0 bridgehead atoms. The van der Waals surface area contributed by atoms with Crippen molar-refractivity contribution in [2.24, 2.45) is 5.73 Å². The van der Waals surface area contributed by atoms with E-state index in [0.29, 0.717) is 18.1 Å². The van der Waals surface area contributed by atoms with E-state index in [-0.39, 0.29) is 67.7 Å². The van der Waals surface area contributed by atoms with Crippen molar-refractivity contribution < 1.29 is 9.59 Å². The third-order valence-electron chi connectivity index (χ3n) is 3.80. The van der Waals surface area contributed by atoms with Gasteiger partial charge in [-0.3, -0.25) is 9.59 Å². The van der Waals surface area contributed by atoms with Gasteiger partial charge in [0.15, 0.2) is 5.13 Å². The van der Waals surface area contributed by atoms with Gasteiger partial charge in [0.25, 0.3) is 0 Å². The van der Waals surface area contributed by atoms with E-state index in [0.717, 1.165) is 11.3 Å². The second-order valence-corrected chi connectivity index (χ2v) is 6.42. The van der Waals surface area contributed by atoms with Crippen LogP contribution in [0.15, 0.2) is 35.7 Å². The zero-order chi connectivity index (χ0) is 16.9. The molecule has 1 saturated heterocycles. The van der Waals surface area contributed by atoms with E-state index in [9.17, 15) is 9.59 Å². The predicted octanol–water partition coefficient (Wildman–Crippen LogP) is 1.82. The number of aromatic nitrogens is 1. The molecule has 7 nitrogen and oxygen atoms in total. The van der Waals surface area contributed by atoms with Crippen LogP contribution in [-0.2, 0) is 9.59 Å². The molecule has 0 spiro atoms. The predicted molar refractivity (Wildman–Crippen MR) is 115 cm³/mol. The summed E-state index contributed by atoms with van der Waals surface area (Å²) in [5.74, 6) is -0.358. The molecule has 150 valence electrons. The summed E-state index contributed by atoms with van der Waals surface area (Å²) in [4.78, 5) is 28.1. The molecule has 5 N–H and O–H groups in total. The second kappa shape index (κ2) is 12.1. The number of hydrogen-bond donors (Lipinski definition) is 4. The van der Waals surface area contributed by atoms with E-state index in [1.165, 1.54) is 11.3 Å². The van der Waals surface area contributed by atoms with Crippen LogP contribution in [0.2, 0.25) is 0 Å². The second-order valence-electron chi connectivity index (χ2n) is 5.56. The summed E-state index contributed by atoms with van der Waals surface area (Å²) in [5, 5.41) is 11.2. The zero-order valence-corrected chi connectivity index (χ0v) is 17.5. The third-order valence-corrected chi connectivity index (χ3v) is 4.56. The van der Waals surface area contributed by atoms with Crippen molar-refractivity contribution in [3.8, 4) is 11.3 Å². The fourth-order valence-corrected chi connectivity index (χ4v) is 3.32. The van der Waals surface area contributed by atoms with Gasteiger partial charge in [-0.05, 0) is 6.42 Å². The molecule has 1 aromatic heterocycles. The van der Waals surface area contributed by atoms with Gasteiger partial charge in [-0.2, -0.15) is 0 Å². The Morgan fingerprint density at radius 3 is 2.59 bits per heavy atom. The maximum atomic E-state index is 12.3. The molecular weight excluding hydrogens is 433 g/mol. The zero-order valence-electron chi connectivity index (χ0n) is 14.2. The molecule has 1 fully saturated rings. The Labute approximate surface area is 180 Å². The van der Waals surface area contributed by atoms with E-state index in [2.05, 4.69) is 20.9 Å². The normalized spacial score (nSPS) is 17.7. The minimum atomic E-state index is -0.350. The van der Waals surface area contributed by atoms with Gasteiger partial charge in [-0.25, -0.2) is 4.98 Å². The molecule has 1 aliphatic heterocycles. The molecule has 1 aliphatic rings. The highest BCUT2D eigenvalue weighted by atomic mass is 35.5. The number of anilines is 1. The summed E-state index contributed by atoms with van der Waals surface area (Å²) >= 11 is 1.39. The molecule has 2 amide bonds. The lowest BCUT2D eigenvalue weighted by atomic mass is 10.1. The van der Waals surface area contributed by atoms with E-state index in [4.69, 9.17) is 5.73 Å². The molecule has 2 aromatic rings. The first-order chi connectivity index (χ1) is 11.7. The number of nitrogens with two attached hydrogens (primary N) is 1. The number of rotatable bonds is 5. The highest BCUT2D eigenvalue weighted by molar-refractivity contribution is 7.14. The molecule has 0 radical (unpaired) electrons. The van der Waals surface area contributed by atoms with Gasteiger partial charge in [0.1, 0.15) is 0 Å². The minimum absolute atomic E-state index is 0. The topological polar surface area (TPSA) is 109 Å². The van der Waals surface area contributed by atoms with Crippen LogP contribution in [-0.4, -0.2) is 42.0 Å². The van der Waals surface area contributed by atoms with Gasteiger partial charge in [-0.15, -0.1) is 48.6 Å². The van der Waals surface area contributed by atoms with Gasteiger partial charge in [0.05, 0.1) is 18.3 Å². The first-order valence-electron chi connectivity index (χ1n) is 7.70. The largest absolute Gasteiger partial charge is 0.351 e. The Morgan fingerprint density at radius 1 is 1.22 bits per heavy atom. The molecule has 2 heterocycles. The van der Waals surface area contributed by atoms with Gasteiger partial charge >= 0.3 is 0 Å². The smallest absolute Gasteiger partial charge is 0.243 e. The fourth-order valence-electron chi connectivity index (χ4n) is 2.60. The SMILES string of the molecule is Cl.Cl.Cl.NCC(=O)NC1CN[C@H](C(=O)Nc2nc(-c3ccccc3)cs2)C1. The summed E-state index contributed by atoms with van der Waals surface area (Å²) in [5.41, 5.74) is 7.13. The van der Waals surface area contributed by atoms with Crippen LogP contribution >= 0.6 is 48.6 Å². The van der Waals surface area contributed by atoms with Gasteiger partial charge in [-0.1, -0.05) is 30.3 Å². The molecule has 1 unspecified atom stereocenters. The first-order valence-corrected chi connectivity index (χ1v) is 8.58. The molecule has 11 heteroatoms. The lowest BCUT2D eigenvalue weighted by molar-refractivity contribution is -0.121. The lowest BCUT2D eigenvalue weighted by Crippen LogP contribution is -2.39. The number of nitrogens with one attached hydrogen (secondary N) is 3. The van der Waals surface area contributed by atoms with E-state index in [1.54, 1.807) is 0 Å². The van der Waals surface area contributed by atoms with E-state index >= 15 is 0 Å². The van der Waals surface area contributed by atoms with Crippen LogP contribution < -0.4 is 21.7 Å². The summed E-state index contributed by atoms with van der Waals surface area (Å²) in [6.07, 6.45) is 0.536. The lowest BCUT2D eigenvalue weighted by Gasteiger charge is -2.11. The first kappa shape index (κ1) is 25.6. The molecule has 27 heavy (non-hydrogen) atoms. The molecule has 2 atom stereocenters. The molecule has 3 rings (SSSR count). The standard InChI is InChI=1S/C16H19N5O2S.3ClH/c17-7-14(22)19-11-6-12(18-8-11)15(23)21-16-20-13(9-24-16)10-4-2-1-3-5-10;;;/h1-5,9,11-12,18H,6-8,17H2,(H,19,22)(H,20,21,23);3*1H/t11?,12-;;;/m0.../s1. The Bertz CT molecular complexity index is 732. The Balaban J connectivity index is 0.00000225. The maximum Gasteiger partial charge on any atom is 0.243 e. The fraction of sp³-hybridized carbons (Fsp3) is 0.312. The maximum absolute atomic E-state index is 12.3. The van der Waals surface area contributed by atoms with Crippen LogP contribution in [0.3, 0.4) is 0 Å². The Kier molecular flexibility index (Phi) is 11.5. The van der Waals surface area contributed by atoms with E-state index in [1.807, 2.05) is 35.7 Å². The molecular formula is C16H22Cl3N5O2S. The van der Waals surface area contributed by atoms with Crippen molar-refractivity contribution in [2.75, 3.05) is 18.4 Å². The van der Waals surface area contributed by atoms with Crippen LogP contribution in [0.25, 0.3) is 11.3 Å². The number of carbonyl (C=O) groups is 2. The Hall–Kier alpha value is -1.42.